The maximum Gasteiger partial charge on any atom is 0.237 e. The Hall–Kier alpha value is -2.15. The smallest absolute Gasteiger partial charge is 0.237 e. The SMILES string of the molecule is N#Cc1ccc(N2C(=O)[C@H]3CCCC[C@H]3C2=O)cc1. The quantitative estimate of drug-likeness (QED) is 0.722. The van der Waals surface area contributed by atoms with Crippen LogP contribution in [0.5, 0.6) is 0 Å². The summed E-state index contributed by atoms with van der Waals surface area (Å²) >= 11 is 0. The van der Waals surface area contributed by atoms with Crippen molar-refractivity contribution in [3.8, 4) is 6.07 Å². The molecule has 0 spiro atoms. The van der Waals surface area contributed by atoms with Gasteiger partial charge in [0.25, 0.3) is 0 Å². The molecule has 0 radical (unpaired) electrons. The van der Waals surface area contributed by atoms with Gasteiger partial charge in [0.2, 0.25) is 11.8 Å². The van der Waals surface area contributed by atoms with E-state index >= 15 is 0 Å². The minimum absolute atomic E-state index is 0.0700. The molecule has 2 atom stereocenters. The van der Waals surface area contributed by atoms with Crippen molar-refractivity contribution in [3.63, 3.8) is 0 Å². The van der Waals surface area contributed by atoms with Crippen LogP contribution in [0, 0.1) is 23.2 Å². The second kappa shape index (κ2) is 4.51. The Morgan fingerprint density at radius 3 is 2.00 bits per heavy atom. The summed E-state index contributed by atoms with van der Waals surface area (Å²) in [5.41, 5.74) is 1.11. The predicted molar refractivity (Wildman–Crippen MR) is 69.1 cm³/mol. The van der Waals surface area contributed by atoms with Gasteiger partial charge in [-0.1, -0.05) is 12.8 Å². The summed E-state index contributed by atoms with van der Waals surface area (Å²) in [5.74, 6) is -0.396. The van der Waals surface area contributed by atoms with Gasteiger partial charge in [-0.15, -0.1) is 0 Å². The number of nitriles is 1. The van der Waals surface area contributed by atoms with Gasteiger partial charge in [-0.3, -0.25) is 14.5 Å². The van der Waals surface area contributed by atoms with Gasteiger partial charge in [0.1, 0.15) is 0 Å². The molecule has 96 valence electrons. The molecule has 2 aliphatic rings. The average Bonchev–Trinajstić information content (AvgIpc) is 2.72. The summed E-state index contributed by atoms with van der Waals surface area (Å²) < 4.78 is 0. The highest BCUT2D eigenvalue weighted by molar-refractivity contribution is 6.22. The highest BCUT2D eigenvalue weighted by atomic mass is 16.2. The van der Waals surface area contributed by atoms with E-state index in [2.05, 4.69) is 0 Å². The van der Waals surface area contributed by atoms with Crippen LogP contribution in [-0.2, 0) is 9.59 Å². The van der Waals surface area contributed by atoms with Gasteiger partial charge in [0, 0.05) is 0 Å². The lowest BCUT2D eigenvalue weighted by Gasteiger charge is -2.19. The highest BCUT2D eigenvalue weighted by Crippen LogP contribution is 2.39. The third kappa shape index (κ3) is 1.82. The number of fused-ring (bicyclic) bond motifs is 1. The summed E-state index contributed by atoms with van der Waals surface area (Å²) in [6.45, 7) is 0. The molecule has 3 rings (SSSR count). The second-order valence-corrected chi connectivity index (χ2v) is 5.17. The summed E-state index contributed by atoms with van der Waals surface area (Å²) in [6, 6.07) is 8.65. The Labute approximate surface area is 111 Å². The number of anilines is 1. The number of hydrogen-bond donors (Lipinski definition) is 0. The van der Waals surface area contributed by atoms with Crippen LogP contribution in [-0.4, -0.2) is 11.8 Å². The first-order chi connectivity index (χ1) is 9.22. The molecule has 1 aliphatic heterocycles. The van der Waals surface area contributed by atoms with E-state index in [-0.39, 0.29) is 23.7 Å². The molecule has 2 amide bonds. The van der Waals surface area contributed by atoms with Crippen LogP contribution < -0.4 is 4.90 Å². The van der Waals surface area contributed by atoms with Crippen molar-refractivity contribution in [3.05, 3.63) is 29.8 Å². The largest absolute Gasteiger partial charge is 0.274 e. The van der Waals surface area contributed by atoms with Gasteiger partial charge in [-0.25, -0.2) is 0 Å². The Balaban J connectivity index is 1.93. The third-order valence-corrected chi connectivity index (χ3v) is 4.10. The number of rotatable bonds is 1. The average molecular weight is 254 g/mol. The lowest BCUT2D eigenvalue weighted by atomic mass is 9.81. The molecule has 0 bridgehead atoms. The Kier molecular flexibility index (Phi) is 2.83. The fraction of sp³-hybridized carbons (Fsp3) is 0.400. The van der Waals surface area contributed by atoms with Gasteiger partial charge < -0.3 is 0 Å². The van der Waals surface area contributed by atoms with E-state index in [1.54, 1.807) is 24.3 Å². The molecular weight excluding hydrogens is 240 g/mol. The number of carbonyl (C=O) groups is 2. The van der Waals surface area contributed by atoms with Crippen molar-refractivity contribution in [1.29, 1.82) is 5.26 Å². The van der Waals surface area contributed by atoms with E-state index in [9.17, 15) is 9.59 Å². The van der Waals surface area contributed by atoms with Gasteiger partial charge in [0.15, 0.2) is 0 Å². The molecular formula is C15H14N2O2. The van der Waals surface area contributed by atoms with Crippen molar-refractivity contribution in [2.75, 3.05) is 4.90 Å². The fourth-order valence-corrected chi connectivity index (χ4v) is 3.10. The van der Waals surface area contributed by atoms with E-state index in [4.69, 9.17) is 5.26 Å². The molecule has 0 unspecified atom stereocenters. The van der Waals surface area contributed by atoms with E-state index in [1.807, 2.05) is 6.07 Å². The van der Waals surface area contributed by atoms with E-state index < -0.39 is 0 Å². The fourth-order valence-electron chi connectivity index (χ4n) is 3.10. The molecule has 1 saturated carbocycles. The zero-order valence-electron chi connectivity index (χ0n) is 10.5. The summed E-state index contributed by atoms with van der Waals surface area (Å²) in [6.07, 6.45) is 3.70. The van der Waals surface area contributed by atoms with Gasteiger partial charge in [0.05, 0.1) is 29.2 Å². The Morgan fingerprint density at radius 1 is 1.00 bits per heavy atom. The minimum Gasteiger partial charge on any atom is -0.274 e. The lowest BCUT2D eigenvalue weighted by molar-refractivity contribution is -0.122. The first-order valence-corrected chi connectivity index (χ1v) is 6.60. The Bertz CT molecular complexity index is 547. The highest BCUT2D eigenvalue weighted by Gasteiger charge is 2.48. The normalized spacial score (nSPS) is 26.2. The molecule has 1 aromatic rings. The molecule has 4 heteroatoms. The first kappa shape index (κ1) is 11.9. The molecule has 1 heterocycles. The number of imide groups is 1. The van der Waals surface area contributed by atoms with Crippen molar-refractivity contribution >= 4 is 17.5 Å². The van der Waals surface area contributed by atoms with Crippen molar-refractivity contribution < 1.29 is 9.59 Å². The summed E-state index contributed by atoms with van der Waals surface area (Å²) in [4.78, 5) is 26.0. The van der Waals surface area contributed by atoms with E-state index in [0.717, 1.165) is 25.7 Å². The topological polar surface area (TPSA) is 61.2 Å². The number of benzene rings is 1. The minimum atomic E-state index is -0.128. The first-order valence-electron chi connectivity index (χ1n) is 6.60. The van der Waals surface area contributed by atoms with E-state index in [1.165, 1.54) is 4.90 Å². The molecule has 1 aromatic carbocycles. The molecule has 0 aromatic heterocycles. The molecule has 1 saturated heterocycles. The van der Waals surface area contributed by atoms with Crippen LogP contribution in [0.25, 0.3) is 0 Å². The summed E-state index contributed by atoms with van der Waals surface area (Å²) in [7, 11) is 0. The maximum atomic E-state index is 12.3. The van der Waals surface area contributed by atoms with Crippen molar-refractivity contribution in [2.24, 2.45) is 11.8 Å². The number of hydrogen-bond acceptors (Lipinski definition) is 3. The Morgan fingerprint density at radius 2 is 1.53 bits per heavy atom. The monoisotopic (exact) mass is 254 g/mol. The van der Waals surface area contributed by atoms with Crippen LogP contribution in [0.4, 0.5) is 5.69 Å². The van der Waals surface area contributed by atoms with Crippen molar-refractivity contribution in [2.45, 2.75) is 25.7 Å². The third-order valence-electron chi connectivity index (χ3n) is 4.10. The van der Waals surface area contributed by atoms with E-state index in [0.29, 0.717) is 11.3 Å². The lowest BCUT2D eigenvalue weighted by Crippen LogP contribution is -2.30. The van der Waals surface area contributed by atoms with Crippen LogP contribution in [0.15, 0.2) is 24.3 Å². The number of amides is 2. The molecule has 1 aliphatic carbocycles. The number of nitrogens with zero attached hydrogens (tertiary/aromatic N) is 2. The zero-order valence-corrected chi connectivity index (χ0v) is 10.5. The van der Waals surface area contributed by atoms with Crippen LogP contribution in [0.1, 0.15) is 31.2 Å². The zero-order chi connectivity index (χ0) is 13.4. The van der Waals surface area contributed by atoms with Gasteiger partial charge >= 0.3 is 0 Å². The summed E-state index contributed by atoms with van der Waals surface area (Å²) in [5, 5.41) is 8.77. The van der Waals surface area contributed by atoms with Crippen LogP contribution in [0.3, 0.4) is 0 Å². The second-order valence-electron chi connectivity index (χ2n) is 5.17. The van der Waals surface area contributed by atoms with Crippen molar-refractivity contribution in [1.82, 2.24) is 0 Å². The maximum absolute atomic E-state index is 12.3. The standard InChI is InChI=1S/C15H14N2O2/c16-9-10-5-7-11(8-6-10)17-14(18)12-3-1-2-4-13(12)15(17)19/h5-8,12-13H,1-4H2/t12-,13+. The molecule has 19 heavy (non-hydrogen) atoms. The molecule has 4 nitrogen and oxygen atoms in total. The predicted octanol–water partition coefficient (Wildman–Crippen LogP) is 2.24. The molecule has 0 N–H and O–H groups in total. The number of carbonyl (C=O) groups excluding carboxylic acids is 2. The van der Waals surface area contributed by atoms with Gasteiger partial charge in [-0.05, 0) is 37.1 Å². The van der Waals surface area contributed by atoms with Crippen LogP contribution >= 0.6 is 0 Å². The van der Waals surface area contributed by atoms with Crippen LogP contribution in [0.2, 0.25) is 0 Å². The molecule has 2 fully saturated rings. The van der Waals surface area contributed by atoms with Gasteiger partial charge in [-0.2, -0.15) is 5.26 Å².